The summed E-state index contributed by atoms with van der Waals surface area (Å²) in [7, 11) is 3.16. The Labute approximate surface area is 110 Å². The second-order valence-corrected chi connectivity index (χ2v) is 4.62. The molecule has 1 heterocycles. The number of nitrogens with zero attached hydrogens (tertiary/aromatic N) is 2. The Morgan fingerprint density at radius 3 is 2.50 bits per heavy atom. The van der Waals surface area contributed by atoms with Gasteiger partial charge in [-0.2, -0.15) is 5.10 Å². The van der Waals surface area contributed by atoms with E-state index in [4.69, 9.17) is 4.74 Å². The fourth-order valence-electron chi connectivity index (χ4n) is 1.70. The highest BCUT2D eigenvalue weighted by atomic mass is 32.2. The van der Waals surface area contributed by atoms with Gasteiger partial charge in [-0.05, 0) is 24.0 Å². The van der Waals surface area contributed by atoms with Crippen LogP contribution in [-0.4, -0.2) is 23.1 Å². The largest absolute Gasteiger partial charge is 0.494 e. The summed E-state index contributed by atoms with van der Waals surface area (Å²) in [5.41, 5.74) is 1.22. The van der Waals surface area contributed by atoms with Crippen molar-refractivity contribution in [3.05, 3.63) is 40.8 Å². The van der Waals surface area contributed by atoms with Crippen LogP contribution in [0.15, 0.2) is 40.2 Å². The van der Waals surface area contributed by atoms with Gasteiger partial charge in [0.2, 0.25) is 0 Å². The minimum absolute atomic E-state index is 0.161. The van der Waals surface area contributed by atoms with Gasteiger partial charge in [0.15, 0.2) is 5.75 Å². The predicted octanol–water partition coefficient (Wildman–Crippen LogP) is 2.18. The van der Waals surface area contributed by atoms with Crippen molar-refractivity contribution in [1.82, 2.24) is 9.78 Å². The van der Waals surface area contributed by atoms with Crippen molar-refractivity contribution in [2.24, 2.45) is 7.05 Å². The molecule has 0 N–H and O–H groups in total. The number of ether oxygens (including phenoxy) is 1. The molecule has 94 valence electrons. The van der Waals surface area contributed by atoms with Gasteiger partial charge in [-0.3, -0.25) is 4.79 Å². The first kappa shape index (κ1) is 12.7. The van der Waals surface area contributed by atoms with Gasteiger partial charge in [0.1, 0.15) is 0 Å². The minimum Gasteiger partial charge on any atom is -0.494 e. The van der Waals surface area contributed by atoms with E-state index in [2.05, 4.69) is 5.10 Å². The average molecular weight is 262 g/mol. The highest BCUT2D eigenvalue weighted by Gasteiger charge is 2.12. The van der Waals surface area contributed by atoms with Crippen LogP contribution in [0.1, 0.15) is 0 Å². The van der Waals surface area contributed by atoms with Gasteiger partial charge in [-0.1, -0.05) is 12.1 Å². The van der Waals surface area contributed by atoms with Crippen molar-refractivity contribution in [3.63, 3.8) is 0 Å². The van der Waals surface area contributed by atoms with Crippen molar-refractivity contribution in [2.45, 2.75) is 4.90 Å². The molecule has 0 amide bonds. The third kappa shape index (κ3) is 2.26. The first-order chi connectivity index (χ1) is 8.67. The molecular formula is C13H14N2O2S. The zero-order valence-electron chi connectivity index (χ0n) is 10.5. The number of hydrogen-bond acceptors (Lipinski definition) is 4. The molecule has 5 heteroatoms. The third-order valence-corrected chi connectivity index (χ3v) is 3.44. The van der Waals surface area contributed by atoms with Crippen LogP contribution in [0.25, 0.3) is 11.1 Å². The second kappa shape index (κ2) is 5.27. The summed E-state index contributed by atoms with van der Waals surface area (Å²) in [5, 5.41) is 3.94. The molecule has 0 atom stereocenters. The normalized spacial score (nSPS) is 10.4. The molecule has 2 rings (SSSR count). The number of benzene rings is 1. The van der Waals surface area contributed by atoms with Gasteiger partial charge in [0.05, 0.1) is 18.9 Å². The van der Waals surface area contributed by atoms with Crippen LogP contribution in [0.4, 0.5) is 0 Å². The fraction of sp³-hybridized carbons (Fsp3) is 0.231. The average Bonchev–Trinajstić information content (AvgIpc) is 2.42. The van der Waals surface area contributed by atoms with Crippen LogP contribution in [0, 0.1) is 0 Å². The summed E-state index contributed by atoms with van der Waals surface area (Å²) in [6.45, 7) is 0. The lowest BCUT2D eigenvalue weighted by atomic mass is 10.1. The molecule has 0 radical (unpaired) electrons. The molecule has 1 aromatic heterocycles. The molecule has 0 unspecified atom stereocenters. The van der Waals surface area contributed by atoms with E-state index in [1.165, 1.54) is 11.8 Å². The Balaban J connectivity index is 2.61. The first-order valence-corrected chi connectivity index (χ1v) is 6.64. The molecule has 0 aliphatic carbocycles. The van der Waals surface area contributed by atoms with E-state index in [1.807, 2.05) is 30.5 Å². The van der Waals surface area contributed by atoms with E-state index in [0.717, 1.165) is 10.5 Å². The number of aryl methyl sites for hydroxylation is 1. The summed E-state index contributed by atoms with van der Waals surface area (Å²) < 4.78 is 6.52. The molecule has 0 aliphatic heterocycles. The minimum atomic E-state index is -0.161. The highest BCUT2D eigenvalue weighted by molar-refractivity contribution is 7.98. The lowest BCUT2D eigenvalue weighted by Crippen LogP contribution is -2.21. The molecule has 0 saturated heterocycles. The molecule has 0 aliphatic rings. The van der Waals surface area contributed by atoms with Gasteiger partial charge in [0, 0.05) is 11.9 Å². The number of aromatic nitrogens is 2. The summed E-state index contributed by atoms with van der Waals surface area (Å²) in [4.78, 5) is 13.3. The van der Waals surface area contributed by atoms with Crippen molar-refractivity contribution in [3.8, 4) is 16.9 Å². The van der Waals surface area contributed by atoms with Crippen LogP contribution < -0.4 is 10.3 Å². The van der Waals surface area contributed by atoms with Crippen LogP contribution >= 0.6 is 11.8 Å². The Bertz CT molecular complexity index is 605. The number of methoxy groups -OCH3 is 1. The van der Waals surface area contributed by atoms with Gasteiger partial charge in [-0.25, -0.2) is 4.68 Å². The van der Waals surface area contributed by atoms with Crippen molar-refractivity contribution in [1.29, 1.82) is 0 Å². The van der Waals surface area contributed by atoms with Gasteiger partial charge < -0.3 is 4.74 Å². The molecule has 1 aromatic carbocycles. The molecular weight excluding hydrogens is 248 g/mol. The maximum Gasteiger partial charge on any atom is 0.278 e. The number of rotatable bonds is 3. The monoisotopic (exact) mass is 262 g/mol. The standard InChI is InChI=1S/C13H14N2O2S/c1-15-13(16)12(11(17-2)8-14-15)9-4-6-10(18-3)7-5-9/h4-8H,1-3H3. The first-order valence-electron chi connectivity index (χ1n) is 5.42. The Kier molecular flexibility index (Phi) is 3.72. The molecule has 0 spiro atoms. The zero-order valence-corrected chi connectivity index (χ0v) is 11.3. The quantitative estimate of drug-likeness (QED) is 0.795. The second-order valence-electron chi connectivity index (χ2n) is 3.75. The summed E-state index contributed by atoms with van der Waals surface area (Å²) in [6, 6.07) is 7.81. The van der Waals surface area contributed by atoms with E-state index < -0.39 is 0 Å². The maximum absolute atomic E-state index is 12.1. The molecule has 4 nitrogen and oxygen atoms in total. The van der Waals surface area contributed by atoms with E-state index in [0.29, 0.717) is 11.3 Å². The lowest BCUT2D eigenvalue weighted by molar-refractivity contribution is 0.410. The Hall–Kier alpha value is -1.75. The zero-order chi connectivity index (χ0) is 13.1. The number of hydrogen-bond donors (Lipinski definition) is 0. The van der Waals surface area contributed by atoms with Crippen molar-refractivity contribution in [2.75, 3.05) is 13.4 Å². The van der Waals surface area contributed by atoms with Crippen molar-refractivity contribution >= 4 is 11.8 Å². The molecule has 0 saturated carbocycles. The SMILES string of the molecule is COc1cnn(C)c(=O)c1-c1ccc(SC)cc1. The van der Waals surface area contributed by atoms with Gasteiger partial charge in [-0.15, -0.1) is 11.8 Å². The highest BCUT2D eigenvalue weighted by Crippen LogP contribution is 2.27. The topological polar surface area (TPSA) is 44.1 Å². The molecule has 0 bridgehead atoms. The van der Waals surface area contributed by atoms with Gasteiger partial charge in [0.25, 0.3) is 5.56 Å². The Morgan fingerprint density at radius 2 is 1.94 bits per heavy atom. The summed E-state index contributed by atoms with van der Waals surface area (Å²) in [6.07, 6.45) is 3.57. The molecule has 0 fully saturated rings. The van der Waals surface area contributed by atoms with Crippen LogP contribution in [0.3, 0.4) is 0 Å². The lowest BCUT2D eigenvalue weighted by Gasteiger charge is -2.09. The van der Waals surface area contributed by atoms with E-state index >= 15 is 0 Å². The number of thioether (sulfide) groups is 1. The fourth-order valence-corrected chi connectivity index (χ4v) is 2.11. The molecule has 18 heavy (non-hydrogen) atoms. The maximum atomic E-state index is 12.1. The van der Waals surface area contributed by atoms with E-state index in [1.54, 1.807) is 25.0 Å². The Morgan fingerprint density at radius 1 is 1.28 bits per heavy atom. The summed E-state index contributed by atoms with van der Waals surface area (Å²) >= 11 is 1.66. The van der Waals surface area contributed by atoms with E-state index in [9.17, 15) is 4.79 Å². The molecule has 2 aromatic rings. The van der Waals surface area contributed by atoms with Crippen LogP contribution in [0.5, 0.6) is 5.75 Å². The van der Waals surface area contributed by atoms with Crippen LogP contribution in [-0.2, 0) is 7.05 Å². The predicted molar refractivity (Wildman–Crippen MR) is 73.2 cm³/mol. The smallest absolute Gasteiger partial charge is 0.278 e. The van der Waals surface area contributed by atoms with Crippen molar-refractivity contribution < 1.29 is 4.74 Å². The van der Waals surface area contributed by atoms with Crippen LogP contribution in [0.2, 0.25) is 0 Å². The third-order valence-electron chi connectivity index (χ3n) is 2.70. The van der Waals surface area contributed by atoms with Gasteiger partial charge >= 0.3 is 0 Å². The van der Waals surface area contributed by atoms with E-state index in [-0.39, 0.29) is 5.56 Å². The summed E-state index contributed by atoms with van der Waals surface area (Å²) in [5.74, 6) is 0.495.